The third kappa shape index (κ3) is 5.17. The van der Waals surface area contributed by atoms with Gasteiger partial charge < -0.3 is 14.5 Å². The van der Waals surface area contributed by atoms with Crippen LogP contribution in [0.3, 0.4) is 0 Å². The van der Waals surface area contributed by atoms with Crippen LogP contribution in [0.15, 0.2) is 60.7 Å². The lowest BCUT2D eigenvalue weighted by molar-refractivity contribution is -0.130. The number of carbonyl (C=O) groups is 1. The molecule has 1 aromatic heterocycles. The number of hydrogen-bond donors (Lipinski definition) is 0. The smallest absolute Gasteiger partial charge is 0.227 e. The Hall–Kier alpha value is -3.48. The molecule has 0 N–H and O–H groups in total. The number of carbonyl (C=O) groups excluding carboxylic acids is 1. The van der Waals surface area contributed by atoms with Crippen LogP contribution in [0.25, 0.3) is 11.3 Å². The summed E-state index contributed by atoms with van der Waals surface area (Å²) >= 11 is 0. The van der Waals surface area contributed by atoms with Gasteiger partial charge in [-0.05, 0) is 61.0 Å². The fraction of sp³-hybridized carbons (Fsp3) is 0.292. The lowest BCUT2D eigenvalue weighted by Crippen LogP contribution is -2.49. The normalized spacial score (nSPS) is 13.9. The highest BCUT2D eigenvalue weighted by Gasteiger charge is 2.22. The molecule has 1 aliphatic rings. The van der Waals surface area contributed by atoms with Crippen molar-refractivity contribution in [1.29, 1.82) is 0 Å². The van der Waals surface area contributed by atoms with E-state index < -0.39 is 0 Å². The van der Waals surface area contributed by atoms with E-state index in [2.05, 4.69) is 15.1 Å². The Morgan fingerprint density at radius 2 is 1.65 bits per heavy atom. The van der Waals surface area contributed by atoms with Crippen molar-refractivity contribution in [2.24, 2.45) is 0 Å². The molecule has 2 aromatic carbocycles. The van der Waals surface area contributed by atoms with E-state index in [0.29, 0.717) is 32.8 Å². The third-order valence-corrected chi connectivity index (χ3v) is 5.34. The van der Waals surface area contributed by atoms with Crippen molar-refractivity contribution in [3.05, 3.63) is 72.0 Å². The molecule has 4 rings (SSSR count). The van der Waals surface area contributed by atoms with Crippen LogP contribution in [0.4, 0.5) is 10.2 Å². The number of hydrogen-bond acceptors (Lipinski definition) is 5. The summed E-state index contributed by atoms with van der Waals surface area (Å²) in [5, 5.41) is 8.76. The molecule has 0 unspecified atom stereocenters. The molecule has 7 heteroatoms. The zero-order valence-corrected chi connectivity index (χ0v) is 17.5. The van der Waals surface area contributed by atoms with Crippen molar-refractivity contribution in [1.82, 2.24) is 15.1 Å². The Labute approximate surface area is 181 Å². The van der Waals surface area contributed by atoms with Crippen molar-refractivity contribution >= 4 is 11.7 Å². The molecule has 1 saturated heterocycles. The topological polar surface area (TPSA) is 58.6 Å². The highest BCUT2D eigenvalue weighted by atomic mass is 19.1. The first-order valence-electron chi connectivity index (χ1n) is 10.5. The molecule has 1 fully saturated rings. The van der Waals surface area contributed by atoms with Gasteiger partial charge in [0, 0.05) is 31.7 Å². The van der Waals surface area contributed by atoms with Gasteiger partial charge in [0.1, 0.15) is 11.6 Å². The van der Waals surface area contributed by atoms with Crippen LogP contribution >= 0.6 is 0 Å². The Balaban J connectivity index is 1.32. The van der Waals surface area contributed by atoms with Gasteiger partial charge in [-0.3, -0.25) is 4.79 Å². The SMILES string of the molecule is CCOc1ccc(-c2ccc(N3CCN(C(=O)Cc4ccc(F)cc4)CC3)nn2)cc1. The van der Waals surface area contributed by atoms with E-state index in [0.717, 1.165) is 28.4 Å². The lowest BCUT2D eigenvalue weighted by atomic mass is 10.1. The summed E-state index contributed by atoms with van der Waals surface area (Å²) in [7, 11) is 0. The molecule has 160 valence electrons. The van der Waals surface area contributed by atoms with Crippen LogP contribution in [-0.2, 0) is 11.2 Å². The minimum atomic E-state index is -0.292. The molecule has 0 saturated carbocycles. The average Bonchev–Trinajstić information content (AvgIpc) is 2.81. The standard InChI is InChI=1S/C24H25FN4O2/c1-2-31-21-9-5-19(6-10-21)22-11-12-23(27-26-22)28-13-15-29(16-14-28)24(30)17-18-3-7-20(25)8-4-18/h3-12H,2,13-17H2,1H3. The van der Waals surface area contributed by atoms with Crippen LogP contribution in [0, 0.1) is 5.82 Å². The quantitative estimate of drug-likeness (QED) is 0.610. The second-order valence-electron chi connectivity index (χ2n) is 7.41. The maximum atomic E-state index is 13.0. The number of aromatic nitrogens is 2. The number of benzene rings is 2. The van der Waals surface area contributed by atoms with Crippen LogP contribution in [0.5, 0.6) is 5.75 Å². The second-order valence-corrected chi connectivity index (χ2v) is 7.41. The highest BCUT2D eigenvalue weighted by Crippen LogP contribution is 2.22. The van der Waals surface area contributed by atoms with Crippen LogP contribution in [-0.4, -0.2) is 53.8 Å². The molecule has 6 nitrogen and oxygen atoms in total. The largest absolute Gasteiger partial charge is 0.494 e. The van der Waals surface area contributed by atoms with Gasteiger partial charge in [0.2, 0.25) is 5.91 Å². The first-order chi connectivity index (χ1) is 15.1. The van der Waals surface area contributed by atoms with Gasteiger partial charge in [0.25, 0.3) is 0 Å². The molecule has 0 bridgehead atoms. The van der Waals surface area contributed by atoms with E-state index in [1.54, 1.807) is 12.1 Å². The first-order valence-corrected chi connectivity index (χ1v) is 10.5. The Morgan fingerprint density at radius 1 is 0.935 bits per heavy atom. The van der Waals surface area contributed by atoms with Gasteiger partial charge in [0.15, 0.2) is 5.82 Å². The molecule has 1 amide bonds. The summed E-state index contributed by atoms with van der Waals surface area (Å²) < 4.78 is 18.5. The summed E-state index contributed by atoms with van der Waals surface area (Å²) in [5.41, 5.74) is 2.61. The molecule has 1 aliphatic heterocycles. The van der Waals surface area contributed by atoms with Gasteiger partial charge >= 0.3 is 0 Å². The van der Waals surface area contributed by atoms with Crippen molar-refractivity contribution < 1.29 is 13.9 Å². The highest BCUT2D eigenvalue weighted by molar-refractivity contribution is 5.79. The van der Waals surface area contributed by atoms with E-state index in [4.69, 9.17) is 4.74 Å². The number of rotatable bonds is 6. The molecule has 0 atom stereocenters. The fourth-order valence-electron chi connectivity index (χ4n) is 3.61. The second kappa shape index (κ2) is 9.55. The van der Waals surface area contributed by atoms with Gasteiger partial charge in [-0.1, -0.05) is 12.1 Å². The molecule has 3 aromatic rings. The van der Waals surface area contributed by atoms with Gasteiger partial charge in [-0.25, -0.2) is 4.39 Å². The van der Waals surface area contributed by atoms with Crippen LogP contribution in [0.2, 0.25) is 0 Å². The summed E-state index contributed by atoms with van der Waals surface area (Å²) in [6, 6.07) is 17.8. The Morgan fingerprint density at radius 3 is 2.26 bits per heavy atom. The molecular weight excluding hydrogens is 395 g/mol. The summed E-state index contributed by atoms with van der Waals surface area (Å²) in [6.45, 7) is 5.25. The van der Waals surface area contributed by atoms with E-state index >= 15 is 0 Å². The molecule has 31 heavy (non-hydrogen) atoms. The Kier molecular flexibility index (Phi) is 6.40. The minimum Gasteiger partial charge on any atom is -0.494 e. The number of piperazine rings is 1. The molecule has 2 heterocycles. The number of anilines is 1. The average molecular weight is 420 g/mol. The van der Waals surface area contributed by atoms with Crippen LogP contribution in [0.1, 0.15) is 12.5 Å². The minimum absolute atomic E-state index is 0.0585. The number of nitrogens with zero attached hydrogens (tertiary/aromatic N) is 4. The van der Waals surface area contributed by atoms with E-state index in [-0.39, 0.29) is 18.1 Å². The van der Waals surface area contributed by atoms with Crippen LogP contribution < -0.4 is 9.64 Å². The summed E-state index contributed by atoms with van der Waals surface area (Å²) in [6.07, 6.45) is 0.289. The lowest BCUT2D eigenvalue weighted by Gasteiger charge is -2.35. The molecular formula is C24H25FN4O2. The number of halogens is 1. The monoisotopic (exact) mass is 420 g/mol. The van der Waals surface area contributed by atoms with E-state index in [1.165, 1.54) is 12.1 Å². The van der Waals surface area contributed by atoms with Crippen molar-refractivity contribution in [3.8, 4) is 17.0 Å². The molecule has 0 aliphatic carbocycles. The number of ether oxygens (including phenoxy) is 1. The van der Waals surface area contributed by atoms with Crippen molar-refractivity contribution in [2.45, 2.75) is 13.3 Å². The van der Waals surface area contributed by atoms with Gasteiger partial charge in [-0.15, -0.1) is 10.2 Å². The summed E-state index contributed by atoms with van der Waals surface area (Å²) in [5.74, 6) is 1.41. The maximum absolute atomic E-state index is 13.0. The van der Waals surface area contributed by atoms with Gasteiger partial charge in [0.05, 0.1) is 18.7 Å². The predicted octanol–water partition coefficient (Wildman–Crippen LogP) is 3.57. The number of amides is 1. The van der Waals surface area contributed by atoms with Gasteiger partial charge in [-0.2, -0.15) is 0 Å². The van der Waals surface area contributed by atoms with E-state index in [1.807, 2.05) is 48.2 Å². The summed E-state index contributed by atoms with van der Waals surface area (Å²) in [4.78, 5) is 16.5. The fourth-order valence-corrected chi connectivity index (χ4v) is 3.61. The maximum Gasteiger partial charge on any atom is 0.227 e. The molecule has 0 spiro atoms. The van der Waals surface area contributed by atoms with Crippen molar-refractivity contribution in [3.63, 3.8) is 0 Å². The third-order valence-electron chi connectivity index (χ3n) is 5.34. The van der Waals surface area contributed by atoms with Crippen molar-refractivity contribution in [2.75, 3.05) is 37.7 Å². The molecule has 0 radical (unpaired) electrons. The Bertz CT molecular complexity index is 999. The first kappa shape index (κ1) is 20.8. The van der Waals surface area contributed by atoms with E-state index in [9.17, 15) is 9.18 Å². The zero-order valence-electron chi connectivity index (χ0n) is 17.5. The predicted molar refractivity (Wildman–Crippen MR) is 118 cm³/mol. The zero-order chi connectivity index (χ0) is 21.6.